The predicted octanol–water partition coefficient (Wildman–Crippen LogP) is 7.74. The first-order valence-corrected chi connectivity index (χ1v) is 10.8. The monoisotopic (exact) mass is 437 g/mol. The van der Waals surface area contributed by atoms with Crippen LogP contribution in [0.25, 0.3) is 16.2 Å². The quantitative estimate of drug-likeness (QED) is 0.242. The highest BCUT2D eigenvalue weighted by Crippen LogP contribution is 2.40. The summed E-state index contributed by atoms with van der Waals surface area (Å²) < 4.78 is 6.16. The van der Waals surface area contributed by atoms with Crippen LogP contribution in [0.1, 0.15) is 11.1 Å². The summed E-state index contributed by atoms with van der Waals surface area (Å²) in [4.78, 5) is 5.61. The first-order valence-electron chi connectivity index (χ1n) is 10.8. The zero-order valence-corrected chi connectivity index (χ0v) is 18.2. The van der Waals surface area contributed by atoms with E-state index in [1.807, 2.05) is 91.0 Å². The molecule has 0 radical (unpaired) electrons. The third-order valence-electron chi connectivity index (χ3n) is 5.58. The molecule has 4 nitrogen and oxygen atoms in total. The van der Waals surface area contributed by atoms with E-state index in [9.17, 15) is 5.26 Å². The molecule has 4 heteroatoms. The molecule has 0 fully saturated rings. The maximum Gasteiger partial charge on any atom is 0.269 e. The van der Waals surface area contributed by atoms with E-state index in [1.54, 1.807) is 6.08 Å². The van der Waals surface area contributed by atoms with Gasteiger partial charge in [0.05, 0.1) is 12.6 Å². The van der Waals surface area contributed by atoms with Crippen LogP contribution in [-0.4, -0.2) is 0 Å². The molecule has 5 rings (SSSR count). The minimum atomic E-state index is 0.0456. The van der Waals surface area contributed by atoms with Crippen LogP contribution in [-0.2, 0) is 0 Å². The Labute approximate surface area is 198 Å². The fraction of sp³-hybridized carbons (Fsp3) is 0. The average molecular weight is 438 g/mol. The predicted molar refractivity (Wildman–Crippen MR) is 135 cm³/mol. The number of anilines is 3. The Morgan fingerprint density at radius 2 is 1.29 bits per heavy atom. The van der Waals surface area contributed by atoms with E-state index in [1.165, 1.54) is 0 Å². The van der Waals surface area contributed by atoms with Gasteiger partial charge in [0.25, 0.3) is 5.70 Å². The molecule has 0 bridgehead atoms. The molecule has 4 aromatic carbocycles. The van der Waals surface area contributed by atoms with Crippen LogP contribution >= 0.6 is 0 Å². The molecule has 0 unspecified atom stereocenters. The second-order valence-corrected chi connectivity index (χ2v) is 7.65. The van der Waals surface area contributed by atoms with Crippen molar-refractivity contribution in [3.8, 4) is 11.8 Å². The summed E-state index contributed by atoms with van der Waals surface area (Å²) in [5, 5.41) is 9.48. The summed E-state index contributed by atoms with van der Waals surface area (Å²) in [6.07, 6.45) is 1.78. The number of nitriles is 1. The molecule has 0 aliphatic carbocycles. The largest absolute Gasteiger partial charge is 0.456 e. The third-order valence-corrected chi connectivity index (χ3v) is 5.58. The summed E-state index contributed by atoms with van der Waals surface area (Å²) in [6, 6.07) is 38.0. The highest BCUT2D eigenvalue weighted by atomic mass is 16.5. The molecule has 1 aliphatic rings. The second-order valence-electron chi connectivity index (χ2n) is 7.65. The normalized spacial score (nSPS) is 13.4. The van der Waals surface area contributed by atoms with Gasteiger partial charge < -0.3 is 9.64 Å². The van der Waals surface area contributed by atoms with Gasteiger partial charge in [-0.25, -0.2) is 10.1 Å². The lowest BCUT2D eigenvalue weighted by atomic mass is 9.98. The van der Waals surface area contributed by atoms with Gasteiger partial charge in [-0.1, -0.05) is 54.6 Å². The van der Waals surface area contributed by atoms with Crippen LogP contribution < -0.4 is 9.64 Å². The molecule has 1 aliphatic heterocycles. The Balaban J connectivity index is 1.56. The van der Waals surface area contributed by atoms with Gasteiger partial charge in [0.2, 0.25) is 0 Å². The molecule has 4 aromatic rings. The first-order chi connectivity index (χ1) is 16.8. The number of ether oxygens (including phenoxy) is 1. The van der Waals surface area contributed by atoms with Crippen molar-refractivity contribution < 1.29 is 4.74 Å². The van der Waals surface area contributed by atoms with E-state index < -0.39 is 0 Å². The standard InChI is InChI=1S/C30H19N3O/c1-32-28(21-31)27-20-30(34-29-15-9-8-14-26(27)29)22-16-18-25(19-17-22)33(23-10-4-2-5-11-23)24-12-6-3-7-13-24/h2-20H. The lowest BCUT2D eigenvalue weighted by Gasteiger charge is -2.26. The van der Waals surface area contributed by atoms with Gasteiger partial charge in [-0.2, -0.15) is 0 Å². The van der Waals surface area contributed by atoms with E-state index in [0.717, 1.165) is 28.2 Å². The van der Waals surface area contributed by atoms with Crippen molar-refractivity contribution in [2.75, 3.05) is 4.90 Å². The van der Waals surface area contributed by atoms with E-state index in [4.69, 9.17) is 11.3 Å². The number of allylic oxidation sites excluding steroid dienone is 3. The van der Waals surface area contributed by atoms with Gasteiger partial charge in [-0.3, -0.25) is 0 Å². The van der Waals surface area contributed by atoms with Crippen molar-refractivity contribution >= 4 is 28.4 Å². The number of rotatable bonds is 4. The third kappa shape index (κ3) is 3.93. The van der Waals surface area contributed by atoms with Gasteiger partial charge in [0, 0.05) is 33.8 Å². The average Bonchev–Trinajstić information content (AvgIpc) is 2.91. The Kier molecular flexibility index (Phi) is 5.64. The number of benzene rings is 4. The second kappa shape index (κ2) is 9.20. The van der Waals surface area contributed by atoms with Crippen LogP contribution in [0.5, 0.6) is 5.75 Å². The molecule has 0 saturated carbocycles. The molecular weight excluding hydrogens is 418 g/mol. The summed E-state index contributed by atoms with van der Waals surface area (Å²) >= 11 is 0. The van der Waals surface area contributed by atoms with E-state index in [2.05, 4.69) is 34.0 Å². The molecular formula is C30H19N3O. The summed E-state index contributed by atoms with van der Waals surface area (Å²) in [6.45, 7) is 7.42. The minimum absolute atomic E-state index is 0.0456. The zero-order valence-electron chi connectivity index (χ0n) is 18.2. The van der Waals surface area contributed by atoms with Gasteiger partial charge >= 0.3 is 0 Å². The topological polar surface area (TPSA) is 40.6 Å². The SMILES string of the molecule is [C-]#[N+]C(C#N)=C1C=C(c2ccc(N(c3ccccc3)c3ccccc3)cc2)Oc2ccccc21. The molecule has 34 heavy (non-hydrogen) atoms. The number of para-hydroxylation sites is 3. The molecule has 160 valence electrons. The van der Waals surface area contributed by atoms with E-state index in [0.29, 0.717) is 17.1 Å². The van der Waals surface area contributed by atoms with Crippen molar-refractivity contribution in [3.63, 3.8) is 0 Å². The van der Waals surface area contributed by atoms with Gasteiger partial charge in [-0.05, 0) is 60.7 Å². The smallest absolute Gasteiger partial charge is 0.269 e. The number of fused-ring (bicyclic) bond motifs is 1. The van der Waals surface area contributed by atoms with Crippen molar-refractivity contribution in [1.29, 1.82) is 5.26 Å². The number of hydrogen-bond donors (Lipinski definition) is 0. The Hall–Kier alpha value is -5.06. The van der Waals surface area contributed by atoms with Crippen LogP contribution in [0.15, 0.2) is 121 Å². The molecule has 0 N–H and O–H groups in total. The van der Waals surface area contributed by atoms with Crippen molar-refractivity contribution in [2.24, 2.45) is 0 Å². The number of nitrogens with zero attached hydrogens (tertiary/aromatic N) is 3. The molecule has 0 spiro atoms. The molecule has 0 atom stereocenters. The fourth-order valence-electron chi connectivity index (χ4n) is 3.99. The lowest BCUT2D eigenvalue weighted by Crippen LogP contribution is -2.10. The summed E-state index contributed by atoms with van der Waals surface area (Å²) in [7, 11) is 0. The first kappa shape index (κ1) is 20.8. The summed E-state index contributed by atoms with van der Waals surface area (Å²) in [5.41, 5.74) is 5.35. The maximum absolute atomic E-state index is 9.48. The minimum Gasteiger partial charge on any atom is -0.456 e. The van der Waals surface area contributed by atoms with Gasteiger partial charge in [-0.15, -0.1) is 0 Å². The van der Waals surface area contributed by atoms with Gasteiger partial charge in [0.1, 0.15) is 11.5 Å². The van der Waals surface area contributed by atoms with Crippen molar-refractivity contribution in [2.45, 2.75) is 0 Å². The van der Waals surface area contributed by atoms with Crippen LogP contribution in [0.2, 0.25) is 0 Å². The molecule has 0 aromatic heterocycles. The molecule has 1 heterocycles. The van der Waals surface area contributed by atoms with Crippen LogP contribution in [0.3, 0.4) is 0 Å². The van der Waals surface area contributed by atoms with Crippen molar-refractivity contribution in [1.82, 2.24) is 0 Å². The van der Waals surface area contributed by atoms with Crippen molar-refractivity contribution in [3.05, 3.63) is 144 Å². The zero-order chi connectivity index (χ0) is 23.3. The maximum atomic E-state index is 9.48. The Morgan fingerprint density at radius 3 is 1.88 bits per heavy atom. The fourth-order valence-corrected chi connectivity index (χ4v) is 3.99. The summed E-state index contributed by atoms with van der Waals surface area (Å²) in [5.74, 6) is 1.23. The van der Waals surface area contributed by atoms with Gasteiger partial charge in [0.15, 0.2) is 0 Å². The van der Waals surface area contributed by atoms with Crippen LogP contribution in [0.4, 0.5) is 17.1 Å². The highest BCUT2D eigenvalue weighted by molar-refractivity contribution is 5.91. The number of hydrogen-bond acceptors (Lipinski definition) is 3. The molecule has 0 amide bonds. The highest BCUT2D eigenvalue weighted by Gasteiger charge is 2.21. The Morgan fingerprint density at radius 1 is 0.735 bits per heavy atom. The van der Waals surface area contributed by atoms with E-state index in [-0.39, 0.29) is 5.70 Å². The Bertz CT molecular complexity index is 1420. The molecule has 0 saturated heterocycles. The van der Waals surface area contributed by atoms with E-state index >= 15 is 0 Å². The lowest BCUT2D eigenvalue weighted by molar-refractivity contribution is 0.509. The van der Waals surface area contributed by atoms with Crippen LogP contribution in [0, 0.1) is 17.9 Å².